The van der Waals surface area contributed by atoms with Crippen molar-refractivity contribution in [2.45, 2.75) is 38.8 Å². The van der Waals surface area contributed by atoms with Gasteiger partial charge >= 0.3 is 0 Å². The van der Waals surface area contributed by atoms with Crippen LogP contribution in [-0.2, 0) is 16.0 Å². The van der Waals surface area contributed by atoms with Crippen molar-refractivity contribution < 1.29 is 9.53 Å². The van der Waals surface area contributed by atoms with Gasteiger partial charge in [-0.25, -0.2) is 4.98 Å². The third-order valence-corrected chi connectivity index (χ3v) is 5.25. The number of rotatable bonds is 4. The minimum Gasteiger partial charge on any atom is -0.380 e. The van der Waals surface area contributed by atoms with Crippen LogP contribution in [0.15, 0.2) is 24.3 Å². The predicted molar refractivity (Wildman–Crippen MR) is 97.7 cm³/mol. The first-order valence-corrected chi connectivity index (χ1v) is 8.84. The van der Waals surface area contributed by atoms with E-state index in [0.29, 0.717) is 6.54 Å². The molecule has 0 saturated carbocycles. The quantitative estimate of drug-likeness (QED) is 0.754. The highest BCUT2D eigenvalue weighted by molar-refractivity contribution is 5.87. The van der Waals surface area contributed by atoms with Crippen LogP contribution >= 0.6 is 0 Å². The molecule has 1 amide bonds. The number of carbonyl (C=O) groups excluding carboxylic acids is 1. The van der Waals surface area contributed by atoms with Gasteiger partial charge in [-0.1, -0.05) is 18.2 Å². The van der Waals surface area contributed by atoms with E-state index < -0.39 is 0 Å². The van der Waals surface area contributed by atoms with Gasteiger partial charge in [-0.15, -0.1) is 0 Å². The summed E-state index contributed by atoms with van der Waals surface area (Å²) in [4.78, 5) is 22.9. The van der Waals surface area contributed by atoms with Crippen molar-refractivity contribution in [2.24, 2.45) is 0 Å². The fraction of sp³-hybridized carbons (Fsp3) is 0.421. The largest absolute Gasteiger partial charge is 0.380 e. The summed E-state index contributed by atoms with van der Waals surface area (Å²) < 4.78 is 5.53. The summed E-state index contributed by atoms with van der Waals surface area (Å²) in [6, 6.07) is 7.73. The number of methoxy groups -OCH3 is 1. The Morgan fingerprint density at radius 1 is 1.35 bits per heavy atom. The van der Waals surface area contributed by atoms with Crippen LogP contribution in [-0.4, -0.2) is 50.7 Å². The average molecular weight is 353 g/mol. The zero-order valence-electron chi connectivity index (χ0n) is 15.2. The number of para-hydroxylation sites is 1. The normalized spacial score (nSPS) is 20.2. The second-order valence-electron chi connectivity index (χ2n) is 6.88. The minimum absolute atomic E-state index is 0.0215. The van der Waals surface area contributed by atoms with Crippen LogP contribution in [0.4, 0.5) is 0 Å². The number of likely N-dealkylation sites (tertiary alicyclic amines) is 1. The lowest BCUT2D eigenvalue weighted by Gasteiger charge is -2.22. The summed E-state index contributed by atoms with van der Waals surface area (Å²) in [5, 5.41) is 8.28. The molecule has 1 aliphatic heterocycles. The Labute approximate surface area is 151 Å². The van der Waals surface area contributed by atoms with Crippen molar-refractivity contribution in [1.82, 2.24) is 25.1 Å². The van der Waals surface area contributed by atoms with E-state index in [1.54, 1.807) is 7.11 Å². The Bertz CT molecular complexity index is 925. The number of hydrogen-bond acceptors (Lipinski definition) is 4. The van der Waals surface area contributed by atoms with Crippen LogP contribution < -0.4 is 0 Å². The molecule has 2 aromatic heterocycles. The molecule has 2 N–H and O–H groups in total. The van der Waals surface area contributed by atoms with E-state index in [1.807, 2.05) is 43.0 Å². The second kappa shape index (κ2) is 6.57. The van der Waals surface area contributed by atoms with Crippen LogP contribution in [0.25, 0.3) is 10.9 Å². The first-order valence-electron chi connectivity index (χ1n) is 8.84. The smallest absolute Gasteiger partial charge is 0.229 e. The molecule has 7 heteroatoms. The lowest BCUT2D eigenvalue weighted by Crippen LogP contribution is -2.33. The van der Waals surface area contributed by atoms with Crippen LogP contribution in [0.3, 0.4) is 0 Å². The molecule has 4 rings (SSSR count). The van der Waals surface area contributed by atoms with Gasteiger partial charge in [0.1, 0.15) is 5.82 Å². The van der Waals surface area contributed by atoms with Crippen LogP contribution in [0.1, 0.15) is 35.4 Å². The summed E-state index contributed by atoms with van der Waals surface area (Å²) in [6.07, 6.45) is 1.05. The van der Waals surface area contributed by atoms with Gasteiger partial charge < -0.3 is 14.6 Å². The molecule has 2 atom stereocenters. The van der Waals surface area contributed by atoms with Crippen LogP contribution in [0, 0.1) is 13.8 Å². The van der Waals surface area contributed by atoms with Gasteiger partial charge in [0.15, 0.2) is 0 Å². The van der Waals surface area contributed by atoms with Crippen molar-refractivity contribution in [1.29, 1.82) is 0 Å². The van der Waals surface area contributed by atoms with E-state index in [2.05, 4.69) is 20.2 Å². The van der Waals surface area contributed by atoms with Crippen molar-refractivity contribution >= 4 is 16.8 Å². The molecule has 0 bridgehead atoms. The van der Waals surface area contributed by atoms with E-state index in [4.69, 9.17) is 4.74 Å². The van der Waals surface area contributed by atoms with Crippen molar-refractivity contribution in [3.05, 3.63) is 47.2 Å². The summed E-state index contributed by atoms with van der Waals surface area (Å²) in [7, 11) is 1.69. The highest BCUT2D eigenvalue weighted by atomic mass is 16.5. The number of nitrogens with zero attached hydrogens (tertiary/aromatic N) is 3. The summed E-state index contributed by atoms with van der Waals surface area (Å²) in [6.45, 7) is 4.54. The molecule has 3 aromatic rings. The lowest BCUT2D eigenvalue weighted by molar-refractivity contribution is -0.131. The van der Waals surface area contributed by atoms with Gasteiger partial charge in [0.25, 0.3) is 0 Å². The zero-order chi connectivity index (χ0) is 18.3. The highest BCUT2D eigenvalue weighted by Crippen LogP contribution is 2.33. The molecule has 1 aliphatic rings. The number of carbonyl (C=O) groups is 1. The fourth-order valence-electron chi connectivity index (χ4n) is 3.64. The molecule has 1 fully saturated rings. The molecular weight excluding hydrogens is 330 g/mol. The van der Waals surface area contributed by atoms with E-state index in [-0.39, 0.29) is 24.5 Å². The number of ether oxygens (including phenoxy) is 1. The first kappa shape index (κ1) is 16.8. The van der Waals surface area contributed by atoms with Crippen LogP contribution in [0.2, 0.25) is 0 Å². The Hall–Kier alpha value is -2.67. The minimum atomic E-state index is -0.0889. The monoisotopic (exact) mass is 353 g/mol. The zero-order valence-corrected chi connectivity index (χ0v) is 15.2. The topological polar surface area (TPSA) is 86.9 Å². The highest BCUT2D eigenvalue weighted by Gasteiger charge is 2.38. The average Bonchev–Trinajstić information content (AvgIpc) is 3.33. The number of aryl methyl sites for hydroxylation is 2. The van der Waals surface area contributed by atoms with E-state index >= 15 is 0 Å². The third kappa shape index (κ3) is 2.88. The van der Waals surface area contributed by atoms with Crippen molar-refractivity contribution in [2.75, 3.05) is 13.7 Å². The molecule has 3 heterocycles. The number of nitrogens with one attached hydrogen (secondary N) is 2. The molecular formula is C19H23N5O2. The maximum Gasteiger partial charge on any atom is 0.229 e. The van der Waals surface area contributed by atoms with E-state index in [1.165, 1.54) is 0 Å². The third-order valence-electron chi connectivity index (χ3n) is 5.25. The number of H-pyrrole nitrogens is 2. The number of imidazole rings is 1. The summed E-state index contributed by atoms with van der Waals surface area (Å²) >= 11 is 0. The number of aromatic amines is 2. The molecule has 136 valence electrons. The Balaban J connectivity index is 1.60. The number of aromatic nitrogens is 4. The van der Waals surface area contributed by atoms with E-state index in [9.17, 15) is 4.79 Å². The molecule has 0 unspecified atom stereocenters. The Morgan fingerprint density at radius 2 is 2.15 bits per heavy atom. The predicted octanol–water partition coefficient (Wildman–Crippen LogP) is 2.43. The SMILES string of the molecule is CO[C@@H]1C[C@@H](c2nc(C)c(C)[nH]2)N(C(=O)Cc2[nH]nc3ccccc23)C1. The van der Waals surface area contributed by atoms with Gasteiger partial charge in [-0.05, 0) is 19.9 Å². The molecule has 26 heavy (non-hydrogen) atoms. The summed E-state index contributed by atoms with van der Waals surface area (Å²) in [5.74, 6) is 0.887. The van der Waals surface area contributed by atoms with Crippen molar-refractivity contribution in [3.63, 3.8) is 0 Å². The molecule has 1 saturated heterocycles. The van der Waals surface area contributed by atoms with Gasteiger partial charge in [0.05, 0.1) is 35.5 Å². The number of benzene rings is 1. The first-order chi connectivity index (χ1) is 12.6. The Kier molecular flexibility index (Phi) is 4.24. The standard InChI is InChI=1S/C19H23N5O2/c1-11-12(2)21-19(20-11)17-8-13(26-3)10-24(17)18(25)9-16-14-6-4-5-7-15(14)22-23-16/h4-7,13,17H,8-10H2,1-3H3,(H,20,21)(H,22,23)/t13-,17+/m1/s1. The maximum atomic E-state index is 13.1. The molecule has 0 aliphatic carbocycles. The molecule has 1 aromatic carbocycles. The number of hydrogen-bond donors (Lipinski definition) is 2. The summed E-state index contributed by atoms with van der Waals surface area (Å²) in [5.41, 5.74) is 3.72. The van der Waals surface area contributed by atoms with Crippen LogP contribution in [0.5, 0.6) is 0 Å². The van der Waals surface area contributed by atoms with Crippen molar-refractivity contribution in [3.8, 4) is 0 Å². The van der Waals surface area contributed by atoms with Gasteiger partial charge in [-0.2, -0.15) is 5.10 Å². The maximum absolute atomic E-state index is 13.1. The lowest BCUT2D eigenvalue weighted by atomic mass is 10.1. The molecule has 0 spiro atoms. The molecule has 7 nitrogen and oxygen atoms in total. The Morgan fingerprint density at radius 3 is 2.88 bits per heavy atom. The molecule has 0 radical (unpaired) electrons. The van der Waals surface area contributed by atoms with Gasteiger partial charge in [-0.3, -0.25) is 9.89 Å². The number of fused-ring (bicyclic) bond motifs is 1. The number of amides is 1. The second-order valence-corrected chi connectivity index (χ2v) is 6.88. The van der Waals surface area contributed by atoms with Gasteiger partial charge in [0.2, 0.25) is 5.91 Å². The van der Waals surface area contributed by atoms with E-state index in [0.717, 1.165) is 40.2 Å². The van der Waals surface area contributed by atoms with Gasteiger partial charge in [0, 0.05) is 31.2 Å². The fourth-order valence-corrected chi connectivity index (χ4v) is 3.64.